The Kier molecular flexibility index (Phi) is 2.95. The van der Waals surface area contributed by atoms with Gasteiger partial charge in [0.2, 0.25) is 0 Å². The SMILES string of the molecule is O=C(c1cc(Br)ccc1F)c1coc2ccccc12. The molecule has 0 aliphatic rings. The predicted octanol–water partition coefficient (Wildman–Crippen LogP) is 4.57. The van der Waals surface area contributed by atoms with Crippen molar-refractivity contribution in [3.63, 3.8) is 0 Å². The molecule has 0 N–H and O–H groups in total. The lowest BCUT2D eigenvalue weighted by Gasteiger charge is -2.01. The van der Waals surface area contributed by atoms with Gasteiger partial charge in [0.15, 0.2) is 5.78 Å². The number of para-hydroxylation sites is 1. The minimum atomic E-state index is -0.543. The molecule has 2 nitrogen and oxygen atoms in total. The number of rotatable bonds is 2. The van der Waals surface area contributed by atoms with Crippen molar-refractivity contribution >= 4 is 32.7 Å². The van der Waals surface area contributed by atoms with Gasteiger partial charge in [-0.05, 0) is 24.3 Å². The zero-order chi connectivity index (χ0) is 13.4. The molecule has 0 amide bonds. The number of furan rings is 1. The normalized spacial score (nSPS) is 10.8. The highest BCUT2D eigenvalue weighted by molar-refractivity contribution is 9.10. The fraction of sp³-hybridized carbons (Fsp3) is 0. The third-order valence-electron chi connectivity index (χ3n) is 2.90. The van der Waals surface area contributed by atoms with E-state index in [1.807, 2.05) is 12.1 Å². The van der Waals surface area contributed by atoms with Crippen LogP contribution < -0.4 is 0 Å². The maximum absolute atomic E-state index is 13.7. The molecule has 0 atom stereocenters. The van der Waals surface area contributed by atoms with E-state index < -0.39 is 5.82 Å². The molecule has 0 saturated heterocycles. The molecule has 1 heterocycles. The van der Waals surface area contributed by atoms with Gasteiger partial charge in [-0.3, -0.25) is 4.79 Å². The van der Waals surface area contributed by atoms with Crippen LogP contribution in [0.5, 0.6) is 0 Å². The first-order valence-electron chi connectivity index (χ1n) is 5.63. The zero-order valence-corrected chi connectivity index (χ0v) is 11.3. The number of carbonyl (C=O) groups is 1. The van der Waals surface area contributed by atoms with Gasteiger partial charge in [-0.15, -0.1) is 0 Å². The third kappa shape index (κ3) is 2.08. The van der Waals surface area contributed by atoms with Crippen LogP contribution in [0.25, 0.3) is 11.0 Å². The Hall–Kier alpha value is -1.94. The van der Waals surface area contributed by atoms with E-state index in [9.17, 15) is 9.18 Å². The molecule has 2 aromatic carbocycles. The van der Waals surface area contributed by atoms with Crippen molar-refractivity contribution in [1.29, 1.82) is 0 Å². The van der Waals surface area contributed by atoms with Crippen LogP contribution >= 0.6 is 15.9 Å². The second-order valence-electron chi connectivity index (χ2n) is 4.10. The topological polar surface area (TPSA) is 30.2 Å². The van der Waals surface area contributed by atoms with Crippen LogP contribution in [0.4, 0.5) is 4.39 Å². The van der Waals surface area contributed by atoms with E-state index >= 15 is 0 Å². The first-order valence-corrected chi connectivity index (χ1v) is 6.42. The summed E-state index contributed by atoms with van der Waals surface area (Å²) < 4.78 is 19.7. The van der Waals surface area contributed by atoms with E-state index in [2.05, 4.69) is 15.9 Å². The number of ketones is 1. The number of benzene rings is 2. The van der Waals surface area contributed by atoms with Gasteiger partial charge in [0.1, 0.15) is 17.7 Å². The standard InChI is InChI=1S/C15H8BrFO2/c16-9-5-6-13(17)11(7-9)15(18)12-8-19-14-4-2-1-3-10(12)14/h1-8H. The summed E-state index contributed by atoms with van der Waals surface area (Å²) in [6, 6.07) is 11.5. The van der Waals surface area contributed by atoms with Gasteiger partial charge in [0.25, 0.3) is 0 Å². The summed E-state index contributed by atoms with van der Waals surface area (Å²) in [5, 5.41) is 0.687. The second kappa shape index (κ2) is 4.63. The van der Waals surface area contributed by atoms with Crippen molar-refractivity contribution in [2.45, 2.75) is 0 Å². The smallest absolute Gasteiger partial charge is 0.199 e. The first-order chi connectivity index (χ1) is 9.16. The van der Waals surface area contributed by atoms with Crippen LogP contribution in [-0.4, -0.2) is 5.78 Å². The first kappa shape index (κ1) is 12.1. The highest BCUT2D eigenvalue weighted by Gasteiger charge is 2.18. The molecule has 3 rings (SSSR count). The molecule has 0 aliphatic carbocycles. The van der Waals surface area contributed by atoms with E-state index in [0.29, 0.717) is 21.0 Å². The highest BCUT2D eigenvalue weighted by atomic mass is 79.9. The van der Waals surface area contributed by atoms with Gasteiger partial charge in [0, 0.05) is 9.86 Å². The molecular weight excluding hydrogens is 311 g/mol. The lowest BCUT2D eigenvalue weighted by Crippen LogP contribution is -2.03. The molecule has 0 spiro atoms. The number of hydrogen-bond acceptors (Lipinski definition) is 2. The van der Waals surface area contributed by atoms with Gasteiger partial charge in [-0.2, -0.15) is 0 Å². The molecule has 0 saturated carbocycles. The van der Waals surface area contributed by atoms with E-state index in [-0.39, 0.29) is 11.3 Å². The Bertz CT molecular complexity index is 777. The monoisotopic (exact) mass is 318 g/mol. The van der Waals surface area contributed by atoms with Gasteiger partial charge in [-0.25, -0.2) is 4.39 Å². The van der Waals surface area contributed by atoms with Gasteiger partial charge < -0.3 is 4.42 Å². The molecule has 0 fully saturated rings. The fourth-order valence-electron chi connectivity index (χ4n) is 1.97. The molecule has 0 unspecified atom stereocenters. The lowest BCUT2D eigenvalue weighted by molar-refractivity contribution is 0.103. The van der Waals surface area contributed by atoms with Crippen LogP contribution in [-0.2, 0) is 0 Å². The van der Waals surface area contributed by atoms with Crippen molar-refractivity contribution in [2.24, 2.45) is 0 Å². The van der Waals surface area contributed by atoms with Crippen molar-refractivity contribution in [3.05, 3.63) is 70.1 Å². The summed E-state index contributed by atoms with van der Waals surface area (Å²) in [4.78, 5) is 12.4. The number of fused-ring (bicyclic) bond motifs is 1. The Morgan fingerprint density at radius 3 is 2.74 bits per heavy atom. The summed E-state index contributed by atoms with van der Waals surface area (Å²) >= 11 is 3.24. The van der Waals surface area contributed by atoms with E-state index in [4.69, 9.17) is 4.42 Å². The van der Waals surface area contributed by atoms with E-state index in [0.717, 1.165) is 0 Å². The van der Waals surface area contributed by atoms with Gasteiger partial charge in [0.05, 0.1) is 11.1 Å². The summed E-state index contributed by atoms with van der Waals surface area (Å²) in [5.74, 6) is -0.928. The largest absolute Gasteiger partial charge is 0.464 e. The highest BCUT2D eigenvalue weighted by Crippen LogP contribution is 2.25. The molecule has 0 radical (unpaired) electrons. The lowest BCUT2D eigenvalue weighted by atomic mass is 10.0. The third-order valence-corrected chi connectivity index (χ3v) is 3.39. The Morgan fingerprint density at radius 1 is 1.11 bits per heavy atom. The fourth-order valence-corrected chi connectivity index (χ4v) is 2.33. The summed E-state index contributed by atoms with van der Waals surface area (Å²) in [6.07, 6.45) is 1.37. The minimum absolute atomic E-state index is 0.0286. The molecule has 4 heteroatoms. The minimum Gasteiger partial charge on any atom is -0.464 e. The molecule has 19 heavy (non-hydrogen) atoms. The van der Waals surface area contributed by atoms with E-state index in [1.54, 1.807) is 18.2 Å². The molecule has 94 valence electrons. The molecule has 0 aliphatic heterocycles. The van der Waals surface area contributed by atoms with Crippen LogP contribution in [0.15, 0.2) is 57.6 Å². The Balaban J connectivity index is 2.16. The van der Waals surface area contributed by atoms with Crippen LogP contribution in [0, 0.1) is 5.82 Å². The van der Waals surface area contributed by atoms with Crippen molar-refractivity contribution in [2.75, 3.05) is 0 Å². The average molecular weight is 319 g/mol. The quantitative estimate of drug-likeness (QED) is 0.648. The molecule has 1 aromatic heterocycles. The number of carbonyl (C=O) groups excluding carboxylic acids is 1. The zero-order valence-electron chi connectivity index (χ0n) is 9.69. The number of hydrogen-bond donors (Lipinski definition) is 0. The second-order valence-corrected chi connectivity index (χ2v) is 5.01. The molecular formula is C15H8BrFO2. The van der Waals surface area contributed by atoms with Gasteiger partial charge >= 0.3 is 0 Å². The van der Waals surface area contributed by atoms with Crippen molar-refractivity contribution in [1.82, 2.24) is 0 Å². The Morgan fingerprint density at radius 2 is 1.89 bits per heavy atom. The van der Waals surface area contributed by atoms with E-state index in [1.165, 1.54) is 18.4 Å². The van der Waals surface area contributed by atoms with Crippen LogP contribution in [0.3, 0.4) is 0 Å². The van der Waals surface area contributed by atoms with Crippen molar-refractivity contribution in [3.8, 4) is 0 Å². The number of halogens is 2. The maximum Gasteiger partial charge on any atom is 0.199 e. The van der Waals surface area contributed by atoms with Crippen LogP contribution in [0.1, 0.15) is 15.9 Å². The maximum atomic E-state index is 13.7. The summed E-state index contributed by atoms with van der Waals surface area (Å²) in [7, 11) is 0. The predicted molar refractivity (Wildman–Crippen MR) is 73.7 cm³/mol. The summed E-state index contributed by atoms with van der Waals surface area (Å²) in [6.45, 7) is 0. The van der Waals surface area contributed by atoms with Crippen molar-refractivity contribution < 1.29 is 13.6 Å². The average Bonchev–Trinajstić information content (AvgIpc) is 2.84. The van der Waals surface area contributed by atoms with Gasteiger partial charge in [-0.1, -0.05) is 34.1 Å². The summed E-state index contributed by atoms with van der Waals surface area (Å²) in [5.41, 5.74) is 1.01. The molecule has 0 bridgehead atoms. The van der Waals surface area contributed by atoms with Crippen LogP contribution in [0.2, 0.25) is 0 Å². The Labute approximate surface area is 117 Å². The molecule has 3 aromatic rings.